The Morgan fingerprint density at radius 3 is 2.40 bits per heavy atom. The third kappa shape index (κ3) is 2.23. The molecule has 0 aromatic carbocycles. The van der Waals surface area contributed by atoms with E-state index in [0.717, 1.165) is 20.0 Å². The minimum Gasteiger partial charge on any atom is -0.316 e. The van der Waals surface area contributed by atoms with E-state index in [4.69, 9.17) is 0 Å². The van der Waals surface area contributed by atoms with E-state index in [0.29, 0.717) is 0 Å². The number of halogens is 3. The van der Waals surface area contributed by atoms with Gasteiger partial charge in [0.05, 0.1) is 6.33 Å². The van der Waals surface area contributed by atoms with E-state index in [2.05, 4.69) is 4.98 Å². The van der Waals surface area contributed by atoms with Crippen LogP contribution >= 0.6 is 0 Å². The van der Waals surface area contributed by atoms with Crippen LogP contribution < -0.4 is 11.2 Å². The molecular formula is C11H13F3N4O2. The van der Waals surface area contributed by atoms with Crippen LogP contribution in [-0.4, -0.2) is 24.9 Å². The normalized spacial score (nSPS) is 12.6. The number of alkyl halides is 3. The number of hydrogen-bond donors (Lipinski definition) is 0. The molecular weight excluding hydrogens is 277 g/mol. The van der Waals surface area contributed by atoms with Crippen LogP contribution in [0.1, 0.15) is 19.9 Å². The lowest BCUT2D eigenvalue weighted by atomic mass is 10.3. The third-order valence-corrected chi connectivity index (χ3v) is 2.92. The summed E-state index contributed by atoms with van der Waals surface area (Å²) in [7, 11) is 1.37. The predicted octanol–water partition coefficient (Wildman–Crippen LogP) is 1.04. The quantitative estimate of drug-likeness (QED) is 0.830. The summed E-state index contributed by atoms with van der Waals surface area (Å²) < 4.78 is 40.2. The first kappa shape index (κ1) is 14.4. The van der Waals surface area contributed by atoms with Crippen LogP contribution in [0.15, 0.2) is 15.9 Å². The summed E-state index contributed by atoms with van der Waals surface area (Å²) in [5.41, 5.74) is -1.64. The highest BCUT2D eigenvalue weighted by atomic mass is 19.4. The van der Waals surface area contributed by atoms with Gasteiger partial charge in [0.15, 0.2) is 11.2 Å². The fourth-order valence-electron chi connectivity index (χ4n) is 2.06. The molecule has 0 amide bonds. The summed E-state index contributed by atoms with van der Waals surface area (Å²) in [5.74, 6) is 0. The monoisotopic (exact) mass is 290 g/mol. The Morgan fingerprint density at radius 2 is 1.90 bits per heavy atom. The molecule has 9 heteroatoms. The summed E-state index contributed by atoms with van der Waals surface area (Å²) in [6, 6.07) is -0.458. The lowest BCUT2D eigenvalue weighted by Gasteiger charge is -2.12. The van der Waals surface area contributed by atoms with Gasteiger partial charge in [-0.2, -0.15) is 13.2 Å². The second-order valence-electron chi connectivity index (χ2n) is 4.77. The van der Waals surface area contributed by atoms with Crippen LogP contribution in [0.25, 0.3) is 11.2 Å². The highest BCUT2D eigenvalue weighted by Crippen LogP contribution is 2.19. The molecule has 2 aromatic rings. The lowest BCUT2D eigenvalue weighted by Crippen LogP contribution is -2.40. The van der Waals surface area contributed by atoms with Gasteiger partial charge in [-0.3, -0.25) is 13.9 Å². The topological polar surface area (TPSA) is 61.8 Å². The number of rotatable bonds is 2. The number of aromatic nitrogens is 4. The molecule has 0 spiro atoms. The first-order valence-corrected chi connectivity index (χ1v) is 5.86. The summed E-state index contributed by atoms with van der Waals surface area (Å²) in [4.78, 5) is 28.0. The number of imidazole rings is 1. The maximum atomic E-state index is 12.5. The second-order valence-corrected chi connectivity index (χ2v) is 4.77. The van der Waals surface area contributed by atoms with Crippen molar-refractivity contribution in [3.8, 4) is 0 Å². The van der Waals surface area contributed by atoms with Gasteiger partial charge in [0.2, 0.25) is 0 Å². The molecule has 2 heterocycles. The van der Waals surface area contributed by atoms with E-state index >= 15 is 0 Å². The van der Waals surface area contributed by atoms with Crippen LogP contribution in [0.4, 0.5) is 13.2 Å². The maximum Gasteiger partial charge on any atom is 0.406 e. The molecule has 0 radical (unpaired) electrons. The van der Waals surface area contributed by atoms with Crippen LogP contribution in [0, 0.1) is 0 Å². The molecule has 2 rings (SSSR count). The van der Waals surface area contributed by atoms with E-state index in [1.807, 2.05) is 0 Å². The number of nitrogens with zero attached hydrogens (tertiary/aromatic N) is 4. The van der Waals surface area contributed by atoms with Crippen molar-refractivity contribution in [2.75, 3.05) is 0 Å². The van der Waals surface area contributed by atoms with Gasteiger partial charge >= 0.3 is 11.9 Å². The Balaban J connectivity index is 2.85. The van der Waals surface area contributed by atoms with Gasteiger partial charge in [-0.1, -0.05) is 0 Å². The van der Waals surface area contributed by atoms with Gasteiger partial charge in [0, 0.05) is 13.1 Å². The van der Waals surface area contributed by atoms with Crippen LogP contribution in [0.3, 0.4) is 0 Å². The van der Waals surface area contributed by atoms with Gasteiger partial charge in [-0.25, -0.2) is 9.78 Å². The Kier molecular flexibility index (Phi) is 3.23. The van der Waals surface area contributed by atoms with Crippen molar-refractivity contribution in [3.63, 3.8) is 0 Å². The Bertz CT molecular complexity index is 767. The van der Waals surface area contributed by atoms with Crippen molar-refractivity contribution in [2.45, 2.75) is 32.6 Å². The molecule has 0 aliphatic rings. The van der Waals surface area contributed by atoms with Gasteiger partial charge in [0.1, 0.15) is 6.54 Å². The zero-order chi connectivity index (χ0) is 15.2. The molecule has 0 saturated heterocycles. The molecule has 0 unspecified atom stereocenters. The molecule has 2 aromatic heterocycles. The molecule has 0 aliphatic carbocycles. The molecule has 0 aliphatic heterocycles. The van der Waals surface area contributed by atoms with Crippen molar-refractivity contribution >= 4 is 11.2 Å². The van der Waals surface area contributed by atoms with E-state index < -0.39 is 30.0 Å². The summed E-state index contributed by atoms with van der Waals surface area (Å²) in [6.07, 6.45) is -3.55. The number of hydrogen-bond acceptors (Lipinski definition) is 3. The van der Waals surface area contributed by atoms with Crippen molar-refractivity contribution in [3.05, 3.63) is 27.2 Å². The van der Waals surface area contributed by atoms with Gasteiger partial charge in [0.25, 0.3) is 5.56 Å². The number of aryl methyl sites for hydroxylation is 1. The average Bonchev–Trinajstić information content (AvgIpc) is 2.67. The van der Waals surface area contributed by atoms with E-state index in [-0.39, 0.29) is 11.2 Å². The molecule has 6 nitrogen and oxygen atoms in total. The maximum absolute atomic E-state index is 12.5. The molecule has 110 valence electrons. The molecule has 0 saturated carbocycles. The van der Waals surface area contributed by atoms with Crippen molar-refractivity contribution < 1.29 is 13.2 Å². The lowest BCUT2D eigenvalue weighted by molar-refractivity contribution is -0.140. The van der Waals surface area contributed by atoms with E-state index in [1.165, 1.54) is 7.05 Å². The predicted molar refractivity (Wildman–Crippen MR) is 65.7 cm³/mol. The smallest absolute Gasteiger partial charge is 0.316 e. The van der Waals surface area contributed by atoms with Crippen LogP contribution in [0.5, 0.6) is 0 Å². The zero-order valence-electron chi connectivity index (χ0n) is 11.1. The van der Waals surface area contributed by atoms with Gasteiger partial charge in [-0.05, 0) is 13.8 Å². The molecule has 0 N–H and O–H groups in total. The fraction of sp³-hybridized carbons (Fsp3) is 0.545. The summed E-state index contributed by atoms with van der Waals surface area (Å²) in [6.45, 7) is 1.90. The van der Waals surface area contributed by atoms with Crippen LogP contribution in [0.2, 0.25) is 0 Å². The largest absolute Gasteiger partial charge is 0.406 e. The molecule has 0 atom stereocenters. The minimum atomic E-state index is -4.47. The summed E-state index contributed by atoms with van der Waals surface area (Å²) in [5, 5.41) is 0. The molecule has 20 heavy (non-hydrogen) atoms. The number of fused-ring (bicyclic) bond motifs is 1. The third-order valence-electron chi connectivity index (χ3n) is 2.92. The molecule has 0 bridgehead atoms. The van der Waals surface area contributed by atoms with E-state index in [9.17, 15) is 22.8 Å². The Labute approximate surface area is 111 Å². The standard InChI is InChI=1S/C11H13F3N4O2/c1-6(2)18-9(19)7-8(16(3)10(18)20)15-5-17(7)4-11(12,13)14/h5-6H,4H2,1-3H3. The first-order valence-electron chi connectivity index (χ1n) is 5.86. The summed E-state index contributed by atoms with van der Waals surface area (Å²) >= 11 is 0. The SMILES string of the molecule is CC(C)n1c(=O)c2c(ncn2CC(F)(F)F)n(C)c1=O. The van der Waals surface area contributed by atoms with E-state index in [1.54, 1.807) is 13.8 Å². The van der Waals surface area contributed by atoms with Crippen molar-refractivity contribution in [1.29, 1.82) is 0 Å². The highest BCUT2D eigenvalue weighted by molar-refractivity contribution is 5.70. The Morgan fingerprint density at radius 1 is 1.30 bits per heavy atom. The Hall–Kier alpha value is -2.06. The zero-order valence-corrected chi connectivity index (χ0v) is 11.1. The van der Waals surface area contributed by atoms with Gasteiger partial charge < -0.3 is 4.57 Å². The first-order chi connectivity index (χ1) is 9.13. The second kappa shape index (κ2) is 4.50. The van der Waals surface area contributed by atoms with Crippen molar-refractivity contribution in [2.24, 2.45) is 7.05 Å². The van der Waals surface area contributed by atoms with Gasteiger partial charge in [-0.15, -0.1) is 0 Å². The molecule has 0 fully saturated rings. The minimum absolute atomic E-state index is 0.0545. The average molecular weight is 290 g/mol. The van der Waals surface area contributed by atoms with Crippen LogP contribution in [-0.2, 0) is 13.6 Å². The fourth-order valence-corrected chi connectivity index (χ4v) is 2.06. The van der Waals surface area contributed by atoms with Crippen molar-refractivity contribution in [1.82, 2.24) is 18.7 Å². The highest BCUT2D eigenvalue weighted by Gasteiger charge is 2.30.